The van der Waals surface area contributed by atoms with Gasteiger partial charge in [-0.05, 0) is 18.1 Å². The number of unbranched alkanes of at least 4 members (excludes halogenated alkanes) is 2. The third kappa shape index (κ3) is 5.79. The second-order valence-electron chi connectivity index (χ2n) is 5.31. The molecular formula is C15H26ClN3. The largest absolute Gasteiger partial charge is 0.358 e. The SMILES string of the molecule is CCCCCN(C)c1ncc(CNC(C)C)cc1Cl. The summed E-state index contributed by atoms with van der Waals surface area (Å²) in [5.74, 6) is 0.881. The van der Waals surface area contributed by atoms with Crippen molar-refractivity contribution in [3.05, 3.63) is 22.8 Å². The summed E-state index contributed by atoms with van der Waals surface area (Å²) in [6.07, 6.45) is 5.57. The lowest BCUT2D eigenvalue weighted by atomic mass is 10.2. The van der Waals surface area contributed by atoms with Gasteiger partial charge in [-0.25, -0.2) is 4.98 Å². The Bertz CT molecular complexity index is 380. The summed E-state index contributed by atoms with van der Waals surface area (Å²) >= 11 is 6.32. The number of aromatic nitrogens is 1. The smallest absolute Gasteiger partial charge is 0.147 e. The molecule has 3 nitrogen and oxygen atoms in total. The summed E-state index contributed by atoms with van der Waals surface area (Å²) < 4.78 is 0. The highest BCUT2D eigenvalue weighted by Crippen LogP contribution is 2.23. The van der Waals surface area contributed by atoms with Gasteiger partial charge in [-0.1, -0.05) is 45.2 Å². The Balaban J connectivity index is 2.60. The van der Waals surface area contributed by atoms with E-state index in [4.69, 9.17) is 11.6 Å². The summed E-state index contributed by atoms with van der Waals surface area (Å²) in [6.45, 7) is 8.28. The van der Waals surface area contributed by atoms with Crippen molar-refractivity contribution in [3.8, 4) is 0 Å². The Morgan fingerprint density at radius 2 is 2.11 bits per heavy atom. The van der Waals surface area contributed by atoms with Gasteiger partial charge in [0, 0.05) is 32.4 Å². The Morgan fingerprint density at radius 1 is 1.37 bits per heavy atom. The van der Waals surface area contributed by atoms with E-state index >= 15 is 0 Å². The van der Waals surface area contributed by atoms with Crippen molar-refractivity contribution in [3.63, 3.8) is 0 Å². The van der Waals surface area contributed by atoms with Crippen LogP contribution in [0.25, 0.3) is 0 Å². The first-order chi connectivity index (χ1) is 9.04. The standard InChI is InChI=1S/C15H26ClN3/c1-5-6-7-8-19(4)15-14(16)9-13(11-18-15)10-17-12(2)3/h9,11-12,17H,5-8,10H2,1-4H3. The van der Waals surface area contributed by atoms with E-state index in [9.17, 15) is 0 Å². The minimum Gasteiger partial charge on any atom is -0.358 e. The Morgan fingerprint density at radius 3 is 2.68 bits per heavy atom. The average Bonchev–Trinajstić information content (AvgIpc) is 2.36. The maximum Gasteiger partial charge on any atom is 0.147 e. The molecule has 108 valence electrons. The number of hydrogen-bond acceptors (Lipinski definition) is 3. The molecule has 0 amide bonds. The van der Waals surface area contributed by atoms with Crippen LogP contribution >= 0.6 is 11.6 Å². The lowest BCUT2D eigenvalue weighted by molar-refractivity contribution is 0.588. The molecule has 1 N–H and O–H groups in total. The molecule has 19 heavy (non-hydrogen) atoms. The van der Waals surface area contributed by atoms with Crippen LogP contribution in [0, 0.1) is 0 Å². The van der Waals surface area contributed by atoms with Gasteiger partial charge in [0.15, 0.2) is 0 Å². The van der Waals surface area contributed by atoms with E-state index < -0.39 is 0 Å². The van der Waals surface area contributed by atoms with Gasteiger partial charge in [0.05, 0.1) is 5.02 Å². The molecule has 0 aromatic carbocycles. The van der Waals surface area contributed by atoms with Crippen LogP contribution in [-0.2, 0) is 6.54 Å². The van der Waals surface area contributed by atoms with Crippen molar-refractivity contribution < 1.29 is 0 Å². The monoisotopic (exact) mass is 283 g/mol. The van der Waals surface area contributed by atoms with Crippen molar-refractivity contribution in [2.24, 2.45) is 0 Å². The number of nitrogens with one attached hydrogen (secondary N) is 1. The van der Waals surface area contributed by atoms with Crippen molar-refractivity contribution in [1.29, 1.82) is 0 Å². The van der Waals surface area contributed by atoms with Crippen molar-refractivity contribution >= 4 is 17.4 Å². The third-order valence-corrected chi connectivity index (χ3v) is 3.33. The van der Waals surface area contributed by atoms with Gasteiger partial charge in [0.25, 0.3) is 0 Å². The minimum atomic E-state index is 0.468. The fourth-order valence-electron chi connectivity index (χ4n) is 1.87. The lowest BCUT2D eigenvalue weighted by Crippen LogP contribution is -2.23. The highest BCUT2D eigenvalue weighted by atomic mass is 35.5. The molecule has 0 aliphatic carbocycles. The summed E-state index contributed by atoms with van der Waals surface area (Å²) in [4.78, 5) is 6.63. The highest BCUT2D eigenvalue weighted by Gasteiger charge is 2.08. The molecule has 0 fully saturated rings. The zero-order chi connectivity index (χ0) is 14.3. The molecule has 1 heterocycles. The van der Waals surface area contributed by atoms with Crippen LogP contribution in [0.15, 0.2) is 12.3 Å². The molecule has 0 radical (unpaired) electrons. The molecule has 0 aliphatic heterocycles. The summed E-state index contributed by atoms with van der Waals surface area (Å²) in [7, 11) is 2.05. The normalized spacial score (nSPS) is 11.1. The fraction of sp³-hybridized carbons (Fsp3) is 0.667. The van der Waals surface area contributed by atoms with Crippen molar-refractivity contribution in [1.82, 2.24) is 10.3 Å². The van der Waals surface area contributed by atoms with Gasteiger partial charge in [0.2, 0.25) is 0 Å². The number of hydrogen-bond donors (Lipinski definition) is 1. The minimum absolute atomic E-state index is 0.468. The van der Waals surface area contributed by atoms with Gasteiger partial charge in [0.1, 0.15) is 5.82 Å². The number of nitrogens with zero attached hydrogens (tertiary/aromatic N) is 2. The van der Waals surface area contributed by atoms with E-state index in [2.05, 4.69) is 43.0 Å². The van der Waals surface area contributed by atoms with Gasteiger partial charge in [-0.3, -0.25) is 0 Å². The Labute approximate surface area is 122 Å². The van der Waals surface area contributed by atoms with Gasteiger partial charge >= 0.3 is 0 Å². The molecule has 4 heteroatoms. The molecular weight excluding hydrogens is 258 g/mol. The number of halogens is 1. The molecule has 0 aliphatic rings. The molecule has 0 bridgehead atoms. The molecule has 1 rings (SSSR count). The van der Waals surface area contributed by atoms with Crippen LogP contribution in [0.2, 0.25) is 5.02 Å². The van der Waals surface area contributed by atoms with E-state index in [0.29, 0.717) is 6.04 Å². The van der Waals surface area contributed by atoms with E-state index in [0.717, 1.165) is 29.5 Å². The molecule has 1 aromatic heterocycles. The number of rotatable bonds is 8. The van der Waals surface area contributed by atoms with E-state index in [-0.39, 0.29) is 0 Å². The number of pyridine rings is 1. The second kappa shape index (κ2) is 8.39. The van der Waals surface area contributed by atoms with E-state index in [1.165, 1.54) is 19.3 Å². The molecule has 1 aromatic rings. The zero-order valence-corrected chi connectivity index (χ0v) is 13.3. The first-order valence-corrected chi connectivity index (χ1v) is 7.51. The first kappa shape index (κ1) is 16.3. The fourth-order valence-corrected chi connectivity index (χ4v) is 2.21. The van der Waals surface area contributed by atoms with Crippen molar-refractivity contribution in [2.75, 3.05) is 18.5 Å². The van der Waals surface area contributed by atoms with Gasteiger partial charge < -0.3 is 10.2 Å². The van der Waals surface area contributed by atoms with Crippen LogP contribution in [0.5, 0.6) is 0 Å². The third-order valence-electron chi connectivity index (χ3n) is 3.05. The van der Waals surface area contributed by atoms with Crippen LogP contribution in [-0.4, -0.2) is 24.6 Å². The topological polar surface area (TPSA) is 28.2 Å². The summed E-state index contributed by atoms with van der Waals surface area (Å²) in [5.41, 5.74) is 1.13. The Kier molecular flexibility index (Phi) is 7.17. The molecule has 0 saturated carbocycles. The average molecular weight is 284 g/mol. The zero-order valence-electron chi connectivity index (χ0n) is 12.5. The summed E-state index contributed by atoms with van der Waals surface area (Å²) in [5, 5.41) is 4.11. The second-order valence-corrected chi connectivity index (χ2v) is 5.72. The maximum absolute atomic E-state index is 6.32. The predicted octanol–water partition coefficient (Wildman–Crippen LogP) is 3.86. The van der Waals surface area contributed by atoms with E-state index in [1.54, 1.807) is 0 Å². The van der Waals surface area contributed by atoms with Gasteiger partial charge in [-0.15, -0.1) is 0 Å². The molecule has 0 saturated heterocycles. The summed E-state index contributed by atoms with van der Waals surface area (Å²) in [6, 6.07) is 2.48. The molecule has 0 atom stereocenters. The van der Waals surface area contributed by atoms with Crippen LogP contribution < -0.4 is 10.2 Å². The van der Waals surface area contributed by atoms with Gasteiger partial charge in [-0.2, -0.15) is 0 Å². The molecule has 0 unspecified atom stereocenters. The van der Waals surface area contributed by atoms with Crippen LogP contribution in [0.1, 0.15) is 45.6 Å². The van der Waals surface area contributed by atoms with E-state index in [1.807, 2.05) is 12.3 Å². The highest BCUT2D eigenvalue weighted by molar-refractivity contribution is 6.33. The van der Waals surface area contributed by atoms with Crippen LogP contribution in [0.4, 0.5) is 5.82 Å². The molecule has 0 spiro atoms. The number of anilines is 1. The predicted molar refractivity (Wildman–Crippen MR) is 84.0 cm³/mol. The van der Waals surface area contributed by atoms with Crippen molar-refractivity contribution in [2.45, 2.75) is 52.6 Å². The first-order valence-electron chi connectivity index (χ1n) is 7.13. The quantitative estimate of drug-likeness (QED) is 0.734. The Hall–Kier alpha value is -0.800. The maximum atomic E-state index is 6.32. The van der Waals surface area contributed by atoms with Crippen LogP contribution in [0.3, 0.4) is 0 Å². The lowest BCUT2D eigenvalue weighted by Gasteiger charge is -2.19.